The summed E-state index contributed by atoms with van der Waals surface area (Å²) in [5, 5.41) is 3.42. The molecule has 0 saturated carbocycles. The highest BCUT2D eigenvalue weighted by atomic mass is 35.5. The van der Waals surface area contributed by atoms with E-state index in [1.165, 1.54) is 12.1 Å². The Hall–Kier alpha value is -0.840. The number of halogens is 2. The molecule has 0 aliphatic heterocycles. The number of methoxy groups -OCH3 is 1. The second-order valence-electron chi connectivity index (χ2n) is 3.54. The van der Waals surface area contributed by atoms with Crippen LogP contribution in [0.25, 0.3) is 0 Å². The molecule has 1 N–H and O–H groups in total. The van der Waals surface area contributed by atoms with Crippen LogP contribution in [0.4, 0.5) is 10.1 Å². The smallest absolute Gasteiger partial charge is 0.126 e. The van der Waals surface area contributed by atoms with Gasteiger partial charge in [0.1, 0.15) is 5.82 Å². The average Bonchev–Trinajstić information content (AvgIpc) is 2.26. The molecule has 0 aliphatic rings. The molecule has 0 aromatic heterocycles. The van der Waals surface area contributed by atoms with Gasteiger partial charge in [-0.25, -0.2) is 4.39 Å². The zero-order valence-electron chi connectivity index (χ0n) is 9.84. The number of hydrogen-bond acceptors (Lipinski definition) is 3. The Labute approximate surface area is 106 Å². The summed E-state index contributed by atoms with van der Waals surface area (Å²) in [5.41, 5.74) is 0.662. The van der Waals surface area contributed by atoms with Crippen molar-refractivity contribution >= 4 is 17.3 Å². The number of hydrogen-bond donors (Lipinski definition) is 1. The maximum absolute atomic E-state index is 13.0. The SMILES string of the molecule is COCCCOCCNc1cc(F)cc(Cl)c1. The second kappa shape index (κ2) is 8.28. The summed E-state index contributed by atoms with van der Waals surface area (Å²) < 4.78 is 23.2. The Morgan fingerprint density at radius 2 is 2.06 bits per heavy atom. The van der Waals surface area contributed by atoms with Gasteiger partial charge in [-0.3, -0.25) is 0 Å². The van der Waals surface area contributed by atoms with Crippen molar-refractivity contribution in [2.24, 2.45) is 0 Å². The van der Waals surface area contributed by atoms with E-state index in [4.69, 9.17) is 21.1 Å². The van der Waals surface area contributed by atoms with Gasteiger partial charge < -0.3 is 14.8 Å². The Kier molecular flexibility index (Phi) is 6.93. The van der Waals surface area contributed by atoms with Crippen LogP contribution in [-0.2, 0) is 9.47 Å². The zero-order valence-corrected chi connectivity index (χ0v) is 10.6. The summed E-state index contributed by atoms with van der Waals surface area (Å²) in [6.45, 7) is 2.55. The van der Waals surface area contributed by atoms with E-state index in [0.717, 1.165) is 6.42 Å². The molecule has 5 heteroatoms. The van der Waals surface area contributed by atoms with Crippen molar-refractivity contribution in [3.63, 3.8) is 0 Å². The Morgan fingerprint density at radius 3 is 2.76 bits per heavy atom. The minimum absolute atomic E-state index is 0.346. The van der Waals surface area contributed by atoms with Gasteiger partial charge >= 0.3 is 0 Å². The number of ether oxygens (including phenoxy) is 2. The fraction of sp³-hybridized carbons (Fsp3) is 0.500. The van der Waals surface area contributed by atoms with Crippen molar-refractivity contribution in [1.82, 2.24) is 0 Å². The lowest BCUT2D eigenvalue weighted by Crippen LogP contribution is -2.10. The standard InChI is InChI=1S/C12H17ClFNO2/c1-16-4-2-5-17-6-3-15-12-8-10(13)7-11(14)9-12/h7-9,15H,2-6H2,1H3. The van der Waals surface area contributed by atoms with Crippen LogP contribution < -0.4 is 5.32 Å². The van der Waals surface area contributed by atoms with E-state index < -0.39 is 0 Å². The van der Waals surface area contributed by atoms with E-state index in [1.54, 1.807) is 13.2 Å². The van der Waals surface area contributed by atoms with Gasteiger partial charge in [-0.2, -0.15) is 0 Å². The molecule has 1 rings (SSSR count). The normalized spacial score (nSPS) is 10.5. The van der Waals surface area contributed by atoms with Crippen molar-refractivity contribution in [2.45, 2.75) is 6.42 Å². The highest BCUT2D eigenvalue weighted by molar-refractivity contribution is 6.30. The lowest BCUT2D eigenvalue weighted by atomic mass is 10.3. The molecule has 0 heterocycles. The van der Waals surface area contributed by atoms with E-state index in [0.29, 0.717) is 37.1 Å². The van der Waals surface area contributed by atoms with E-state index in [1.807, 2.05) is 0 Å². The predicted molar refractivity (Wildman–Crippen MR) is 67.2 cm³/mol. The minimum atomic E-state index is -0.346. The van der Waals surface area contributed by atoms with Crippen LogP contribution in [0.15, 0.2) is 18.2 Å². The van der Waals surface area contributed by atoms with Crippen molar-refractivity contribution in [3.05, 3.63) is 29.0 Å². The molecular formula is C12H17ClFNO2. The first-order valence-electron chi connectivity index (χ1n) is 5.49. The van der Waals surface area contributed by atoms with E-state index in [9.17, 15) is 4.39 Å². The Bertz CT molecular complexity index is 316. The molecule has 0 unspecified atom stereocenters. The Balaban J connectivity index is 2.13. The largest absolute Gasteiger partial charge is 0.385 e. The third-order valence-corrected chi connectivity index (χ3v) is 2.29. The lowest BCUT2D eigenvalue weighted by Gasteiger charge is -2.07. The first-order valence-corrected chi connectivity index (χ1v) is 5.87. The molecule has 0 saturated heterocycles. The molecule has 96 valence electrons. The summed E-state index contributed by atoms with van der Waals surface area (Å²) in [4.78, 5) is 0. The fourth-order valence-electron chi connectivity index (χ4n) is 1.33. The summed E-state index contributed by atoms with van der Waals surface area (Å²) in [6.07, 6.45) is 0.877. The minimum Gasteiger partial charge on any atom is -0.385 e. The molecule has 3 nitrogen and oxygen atoms in total. The van der Waals surface area contributed by atoms with Gasteiger partial charge in [0.05, 0.1) is 6.61 Å². The third kappa shape index (κ3) is 6.46. The third-order valence-electron chi connectivity index (χ3n) is 2.08. The first-order chi connectivity index (χ1) is 8.22. The summed E-state index contributed by atoms with van der Waals surface area (Å²) >= 11 is 5.72. The van der Waals surface area contributed by atoms with E-state index >= 15 is 0 Å². The molecule has 0 bridgehead atoms. The van der Waals surface area contributed by atoms with Crippen molar-refractivity contribution in [3.8, 4) is 0 Å². The van der Waals surface area contributed by atoms with Crippen molar-refractivity contribution in [1.29, 1.82) is 0 Å². The van der Waals surface area contributed by atoms with Crippen LogP contribution in [0.1, 0.15) is 6.42 Å². The van der Waals surface area contributed by atoms with Gasteiger partial charge in [-0.05, 0) is 24.6 Å². The maximum Gasteiger partial charge on any atom is 0.126 e. The maximum atomic E-state index is 13.0. The molecule has 0 aliphatic carbocycles. The summed E-state index contributed by atoms with van der Waals surface area (Å²) in [7, 11) is 1.66. The molecule has 0 atom stereocenters. The lowest BCUT2D eigenvalue weighted by molar-refractivity contribution is 0.109. The van der Waals surface area contributed by atoms with Crippen LogP contribution in [0.3, 0.4) is 0 Å². The molecule has 1 aromatic carbocycles. The first kappa shape index (κ1) is 14.2. The average molecular weight is 262 g/mol. The molecule has 0 amide bonds. The summed E-state index contributed by atoms with van der Waals surface area (Å²) in [6, 6.07) is 4.35. The highest BCUT2D eigenvalue weighted by Gasteiger charge is 1.98. The predicted octanol–water partition coefficient (Wildman–Crippen LogP) is 2.94. The monoisotopic (exact) mass is 261 g/mol. The fourth-order valence-corrected chi connectivity index (χ4v) is 1.55. The second-order valence-corrected chi connectivity index (χ2v) is 3.98. The zero-order chi connectivity index (χ0) is 12.5. The van der Waals surface area contributed by atoms with Crippen molar-refractivity contribution < 1.29 is 13.9 Å². The van der Waals surface area contributed by atoms with Gasteiger partial charge in [-0.1, -0.05) is 11.6 Å². The van der Waals surface area contributed by atoms with Crippen LogP contribution in [-0.4, -0.2) is 33.5 Å². The molecule has 17 heavy (non-hydrogen) atoms. The molecule has 0 fully saturated rings. The highest BCUT2D eigenvalue weighted by Crippen LogP contribution is 2.17. The summed E-state index contributed by atoms with van der Waals surface area (Å²) in [5.74, 6) is -0.346. The molecular weight excluding hydrogens is 245 g/mol. The molecule has 0 spiro atoms. The quantitative estimate of drug-likeness (QED) is 0.730. The molecule has 0 radical (unpaired) electrons. The van der Waals surface area contributed by atoms with Crippen LogP contribution in [0.2, 0.25) is 5.02 Å². The van der Waals surface area contributed by atoms with Gasteiger partial charge in [-0.15, -0.1) is 0 Å². The number of nitrogens with one attached hydrogen (secondary N) is 1. The van der Waals surface area contributed by atoms with Gasteiger partial charge in [0.15, 0.2) is 0 Å². The number of benzene rings is 1. The van der Waals surface area contributed by atoms with Crippen LogP contribution >= 0.6 is 11.6 Å². The van der Waals surface area contributed by atoms with Gasteiger partial charge in [0.25, 0.3) is 0 Å². The van der Waals surface area contributed by atoms with Crippen LogP contribution in [0, 0.1) is 5.82 Å². The van der Waals surface area contributed by atoms with E-state index in [2.05, 4.69) is 5.32 Å². The van der Waals surface area contributed by atoms with Crippen molar-refractivity contribution in [2.75, 3.05) is 38.8 Å². The molecule has 1 aromatic rings. The van der Waals surface area contributed by atoms with Gasteiger partial charge in [0, 0.05) is 37.6 Å². The van der Waals surface area contributed by atoms with Gasteiger partial charge in [0.2, 0.25) is 0 Å². The topological polar surface area (TPSA) is 30.5 Å². The number of rotatable bonds is 8. The Morgan fingerprint density at radius 1 is 1.24 bits per heavy atom. The van der Waals surface area contributed by atoms with E-state index in [-0.39, 0.29) is 5.82 Å². The van der Waals surface area contributed by atoms with Crippen LogP contribution in [0.5, 0.6) is 0 Å². The number of anilines is 1.